The zero-order valence-corrected chi connectivity index (χ0v) is 12.6. The van der Waals surface area contributed by atoms with E-state index < -0.39 is 5.97 Å². The number of carbonyl (C=O) groups is 2. The molecule has 0 aromatic carbocycles. The summed E-state index contributed by atoms with van der Waals surface area (Å²) in [6.45, 7) is 4.79. The first-order chi connectivity index (χ1) is 9.52. The smallest absolute Gasteiger partial charge is 0.327 e. The van der Waals surface area contributed by atoms with Gasteiger partial charge in [0.1, 0.15) is 6.54 Å². The Bertz CT molecular complexity index is 449. The van der Waals surface area contributed by atoms with Crippen molar-refractivity contribution in [3.63, 3.8) is 0 Å². The molecule has 0 aliphatic carbocycles. The molecule has 1 aromatic rings. The maximum Gasteiger partial charge on any atom is 0.327 e. The Labute approximate surface area is 121 Å². The normalized spacial score (nSPS) is 10.6. The van der Waals surface area contributed by atoms with Gasteiger partial charge in [0.25, 0.3) is 0 Å². The molecule has 0 spiro atoms. The van der Waals surface area contributed by atoms with Crippen LogP contribution in [0.4, 0.5) is 0 Å². The van der Waals surface area contributed by atoms with E-state index in [1.54, 1.807) is 0 Å². The summed E-state index contributed by atoms with van der Waals surface area (Å²) in [6, 6.07) is 0. The highest BCUT2D eigenvalue weighted by molar-refractivity contribution is 7.99. The van der Waals surface area contributed by atoms with Gasteiger partial charge in [0.2, 0.25) is 11.1 Å². The number of ether oxygens (including phenoxy) is 1. The molecule has 8 nitrogen and oxygen atoms in total. The van der Waals surface area contributed by atoms with Gasteiger partial charge >= 0.3 is 5.97 Å². The topological polar surface area (TPSA) is 99.0 Å². The summed E-state index contributed by atoms with van der Waals surface area (Å²) in [5.41, 5.74) is 0. The highest BCUT2D eigenvalue weighted by Gasteiger charge is 2.12. The standard InChI is InChI=1S/C11H19N5O3S/c1-8(2)4-5-12-9(17)7-20-11-13-14-15-16(11)6-10(18)19-3/h8H,4-7H2,1-3H3,(H,12,17). The Morgan fingerprint density at radius 3 is 2.85 bits per heavy atom. The van der Waals surface area contributed by atoms with E-state index in [4.69, 9.17) is 0 Å². The molecule has 1 amide bonds. The number of esters is 1. The van der Waals surface area contributed by atoms with Gasteiger partial charge in [-0.3, -0.25) is 9.59 Å². The molecule has 0 radical (unpaired) electrons. The summed E-state index contributed by atoms with van der Waals surface area (Å²) in [6.07, 6.45) is 0.941. The van der Waals surface area contributed by atoms with E-state index in [-0.39, 0.29) is 18.2 Å². The number of hydrogen-bond donors (Lipinski definition) is 1. The van der Waals surface area contributed by atoms with E-state index in [2.05, 4.69) is 39.4 Å². The van der Waals surface area contributed by atoms with Crippen LogP contribution >= 0.6 is 11.8 Å². The number of rotatable bonds is 8. The van der Waals surface area contributed by atoms with Crippen LogP contribution in [0.2, 0.25) is 0 Å². The number of tetrazole rings is 1. The highest BCUT2D eigenvalue weighted by Crippen LogP contribution is 2.12. The lowest BCUT2D eigenvalue weighted by Gasteiger charge is -2.06. The Morgan fingerprint density at radius 1 is 1.45 bits per heavy atom. The third-order valence-electron chi connectivity index (χ3n) is 2.38. The third-order valence-corrected chi connectivity index (χ3v) is 3.34. The number of methoxy groups -OCH3 is 1. The molecular weight excluding hydrogens is 282 g/mol. The fourth-order valence-electron chi connectivity index (χ4n) is 1.27. The molecule has 0 fully saturated rings. The van der Waals surface area contributed by atoms with Crippen molar-refractivity contribution < 1.29 is 14.3 Å². The molecule has 0 bridgehead atoms. The molecule has 1 N–H and O–H groups in total. The second kappa shape index (κ2) is 8.51. The average molecular weight is 301 g/mol. The molecule has 0 saturated carbocycles. The van der Waals surface area contributed by atoms with Gasteiger partial charge in [-0.25, -0.2) is 4.68 Å². The van der Waals surface area contributed by atoms with Gasteiger partial charge in [-0.05, 0) is 22.8 Å². The van der Waals surface area contributed by atoms with Crippen molar-refractivity contribution in [1.29, 1.82) is 0 Å². The predicted molar refractivity (Wildman–Crippen MR) is 73.0 cm³/mol. The first kappa shape index (κ1) is 16.4. The van der Waals surface area contributed by atoms with E-state index in [0.717, 1.165) is 6.42 Å². The quantitative estimate of drug-likeness (QED) is 0.537. The fraction of sp³-hybridized carbons (Fsp3) is 0.727. The lowest BCUT2D eigenvalue weighted by Crippen LogP contribution is -2.27. The monoisotopic (exact) mass is 301 g/mol. The molecule has 0 unspecified atom stereocenters. The molecule has 20 heavy (non-hydrogen) atoms. The van der Waals surface area contributed by atoms with Crippen molar-refractivity contribution in [1.82, 2.24) is 25.5 Å². The van der Waals surface area contributed by atoms with E-state index in [1.807, 2.05) is 0 Å². The van der Waals surface area contributed by atoms with Crippen molar-refractivity contribution in [2.75, 3.05) is 19.4 Å². The van der Waals surface area contributed by atoms with Crippen LogP contribution in [0.5, 0.6) is 0 Å². The number of thioether (sulfide) groups is 1. The maximum absolute atomic E-state index is 11.6. The summed E-state index contributed by atoms with van der Waals surface area (Å²) >= 11 is 1.18. The van der Waals surface area contributed by atoms with E-state index in [1.165, 1.54) is 23.6 Å². The second-order valence-corrected chi connectivity index (χ2v) is 5.46. The Morgan fingerprint density at radius 2 is 2.20 bits per heavy atom. The van der Waals surface area contributed by atoms with Crippen molar-refractivity contribution in [3.05, 3.63) is 0 Å². The summed E-state index contributed by atoms with van der Waals surface area (Å²) in [5, 5.41) is 14.1. The lowest BCUT2D eigenvalue weighted by atomic mass is 10.1. The predicted octanol–water partition coefficient (Wildman–Crippen LogP) is 0.100. The molecule has 0 atom stereocenters. The molecule has 0 saturated heterocycles. The van der Waals surface area contributed by atoms with Crippen LogP contribution in [-0.4, -0.2) is 51.5 Å². The summed E-state index contributed by atoms with van der Waals surface area (Å²) in [7, 11) is 1.29. The SMILES string of the molecule is COC(=O)Cn1nnnc1SCC(=O)NCCC(C)C. The van der Waals surface area contributed by atoms with Gasteiger partial charge in [0.05, 0.1) is 12.9 Å². The van der Waals surface area contributed by atoms with Crippen LogP contribution in [0.3, 0.4) is 0 Å². The Kier molecular flexibility index (Phi) is 6.99. The summed E-state index contributed by atoms with van der Waals surface area (Å²) < 4.78 is 5.84. The Hall–Kier alpha value is -1.64. The van der Waals surface area contributed by atoms with Gasteiger partial charge in [-0.15, -0.1) is 5.10 Å². The highest BCUT2D eigenvalue weighted by atomic mass is 32.2. The molecule has 1 rings (SSSR count). The fourth-order valence-corrected chi connectivity index (χ4v) is 1.97. The largest absolute Gasteiger partial charge is 0.468 e. The number of amides is 1. The van der Waals surface area contributed by atoms with Gasteiger partial charge in [0, 0.05) is 6.54 Å². The van der Waals surface area contributed by atoms with Gasteiger partial charge in [-0.1, -0.05) is 25.6 Å². The third kappa shape index (κ3) is 6.00. The zero-order chi connectivity index (χ0) is 15.0. The summed E-state index contributed by atoms with van der Waals surface area (Å²) in [4.78, 5) is 22.8. The molecule has 0 aliphatic rings. The van der Waals surface area contributed by atoms with Crippen LogP contribution < -0.4 is 5.32 Å². The minimum atomic E-state index is -0.444. The first-order valence-electron chi connectivity index (χ1n) is 6.25. The zero-order valence-electron chi connectivity index (χ0n) is 11.8. The number of nitrogens with zero attached hydrogens (tertiary/aromatic N) is 4. The minimum absolute atomic E-state index is 0.0686. The van der Waals surface area contributed by atoms with Crippen LogP contribution in [0, 0.1) is 5.92 Å². The maximum atomic E-state index is 11.6. The molecule has 0 aliphatic heterocycles. The van der Waals surface area contributed by atoms with Gasteiger partial charge in [-0.2, -0.15) is 0 Å². The van der Waals surface area contributed by atoms with Gasteiger partial charge in [0.15, 0.2) is 0 Å². The van der Waals surface area contributed by atoms with Crippen molar-refractivity contribution in [2.45, 2.75) is 32.0 Å². The minimum Gasteiger partial charge on any atom is -0.468 e. The van der Waals surface area contributed by atoms with Crippen molar-refractivity contribution in [2.24, 2.45) is 5.92 Å². The summed E-state index contributed by atoms with van der Waals surface area (Å²) in [5.74, 6) is 0.235. The van der Waals surface area contributed by atoms with E-state index >= 15 is 0 Å². The number of nitrogens with one attached hydrogen (secondary N) is 1. The van der Waals surface area contributed by atoms with Crippen molar-refractivity contribution >= 4 is 23.6 Å². The van der Waals surface area contributed by atoms with Crippen molar-refractivity contribution in [3.8, 4) is 0 Å². The van der Waals surface area contributed by atoms with E-state index in [9.17, 15) is 9.59 Å². The van der Waals surface area contributed by atoms with Gasteiger partial charge < -0.3 is 10.1 Å². The second-order valence-electron chi connectivity index (χ2n) is 4.52. The molecule has 1 heterocycles. The number of aromatic nitrogens is 4. The molecule has 9 heteroatoms. The number of hydrogen-bond acceptors (Lipinski definition) is 7. The average Bonchev–Trinajstić information content (AvgIpc) is 2.83. The molecule has 1 aromatic heterocycles. The molecular formula is C11H19N5O3S. The lowest BCUT2D eigenvalue weighted by molar-refractivity contribution is -0.141. The van der Waals surface area contributed by atoms with Crippen LogP contribution in [0.25, 0.3) is 0 Å². The van der Waals surface area contributed by atoms with Crippen LogP contribution in [0.15, 0.2) is 5.16 Å². The van der Waals surface area contributed by atoms with E-state index in [0.29, 0.717) is 17.6 Å². The number of carbonyl (C=O) groups excluding carboxylic acids is 2. The molecule has 112 valence electrons. The first-order valence-corrected chi connectivity index (χ1v) is 7.24. The van der Waals surface area contributed by atoms with Crippen LogP contribution in [-0.2, 0) is 20.9 Å². The Balaban J connectivity index is 2.36. The van der Waals surface area contributed by atoms with Crippen LogP contribution in [0.1, 0.15) is 20.3 Å².